The van der Waals surface area contributed by atoms with Crippen molar-refractivity contribution in [1.29, 1.82) is 0 Å². The van der Waals surface area contributed by atoms with Gasteiger partial charge < -0.3 is 0 Å². The molecular formula is C11H10N2O2. The molecule has 2 aromatic rings. The highest BCUT2D eigenvalue weighted by molar-refractivity contribution is 5.78. The number of benzene rings is 1. The van der Waals surface area contributed by atoms with Crippen molar-refractivity contribution >= 4 is 10.9 Å². The Labute approximate surface area is 86.7 Å². The molecule has 0 N–H and O–H groups in total. The SMILES string of the molecule is O=[N+]([O-])CCc1ccc2cccnc2c1. The van der Waals surface area contributed by atoms with Gasteiger partial charge in [-0.25, -0.2) is 0 Å². The highest BCUT2D eigenvalue weighted by atomic mass is 16.6. The van der Waals surface area contributed by atoms with E-state index in [2.05, 4.69) is 4.98 Å². The molecule has 1 heterocycles. The molecular weight excluding hydrogens is 192 g/mol. The molecule has 0 saturated heterocycles. The fourth-order valence-electron chi connectivity index (χ4n) is 1.49. The van der Waals surface area contributed by atoms with Crippen molar-refractivity contribution in [2.75, 3.05) is 6.54 Å². The van der Waals surface area contributed by atoms with Gasteiger partial charge in [0.1, 0.15) is 0 Å². The van der Waals surface area contributed by atoms with Gasteiger partial charge in [0.2, 0.25) is 6.54 Å². The van der Waals surface area contributed by atoms with E-state index in [1.165, 1.54) is 0 Å². The standard InChI is InChI=1S/C11H10N2O2/c14-13(15)7-5-9-3-4-10-2-1-6-12-11(10)8-9/h1-4,6,8H,5,7H2. The molecule has 0 spiro atoms. The first-order valence-electron chi connectivity index (χ1n) is 4.71. The Morgan fingerprint density at radius 3 is 3.00 bits per heavy atom. The summed E-state index contributed by atoms with van der Waals surface area (Å²) >= 11 is 0. The number of hydrogen-bond donors (Lipinski definition) is 0. The van der Waals surface area contributed by atoms with Gasteiger partial charge in [-0.1, -0.05) is 18.2 Å². The molecule has 15 heavy (non-hydrogen) atoms. The van der Waals surface area contributed by atoms with Gasteiger partial charge in [-0.2, -0.15) is 0 Å². The van der Waals surface area contributed by atoms with Crippen LogP contribution in [0.15, 0.2) is 36.5 Å². The maximum absolute atomic E-state index is 10.2. The average molecular weight is 202 g/mol. The van der Waals surface area contributed by atoms with Crippen LogP contribution in [0.2, 0.25) is 0 Å². The van der Waals surface area contributed by atoms with Crippen LogP contribution in [0.25, 0.3) is 10.9 Å². The number of rotatable bonds is 3. The molecule has 0 aliphatic carbocycles. The summed E-state index contributed by atoms with van der Waals surface area (Å²) in [6.07, 6.45) is 2.18. The zero-order valence-electron chi connectivity index (χ0n) is 8.09. The first-order chi connectivity index (χ1) is 7.25. The molecule has 0 radical (unpaired) electrons. The summed E-state index contributed by atoms with van der Waals surface area (Å²) in [6.45, 7) is -0.0294. The first-order valence-corrected chi connectivity index (χ1v) is 4.71. The van der Waals surface area contributed by atoms with Crippen LogP contribution in [-0.4, -0.2) is 16.5 Å². The van der Waals surface area contributed by atoms with Crippen molar-refractivity contribution in [2.45, 2.75) is 6.42 Å². The molecule has 4 nitrogen and oxygen atoms in total. The lowest BCUT2D eigenvalue weighted by Crippen LogP contribution is -2.03. The second-order valence-corrected chi connectivity index (χ2v) is 3.34. The van der Waals surface area contributed by atoms with Gasteiger partial charge in [-0.05, 0) is 17.7 Å². The summed E-state index contributed by atoms with van der Waals surface area (Å²) < 4.78 is 0. The van der Waals surface area contributed by atoms with Crippen molar-refractivity contribution in [2.24, 2.45) is 0 Å². The smallest absolute Gasteiger partial charge is 0.207 e. The minimum Gasteiger partial charge on any atom is -0.265 e. The zero-order valence-corrected chi connectivity index (χ0v) is 8.09. The number of fused-ring (bicyclic) bond motifs is 1. The highest BCUT2D eigenvalue weighted by Gasteiger charge is 2.01. The molecule has 0 bridgehead atoms. The van der Waals surface area contributed by atoms with Crippen molar-refractivity contribution < 1.29 is 4.92 Å². The first kappa shape index (κ1) is 9.58. The molecule has 4 heteroatoms. The molecule has 0 fully saturated rings. The van der Waals surface area contributed by atoms with E-state index in [9.17, 15) is 10.1 Å². The number of hydrogen-bond acceptors (Lipinski definition) is 3. The number of nitrogens with zero attached hydrogens (tertiary/aromatic N) is 2. The van der Waals surface area contributed by atoms with Gasteiger partial charge in [0.05, 0.1) is 5.52 Å². The maximum atomic E-state index is 10.2. The van der Waals surface area contributed by atoms with Crippen LogP contribution >= 0.6 is 0 Å². The Balaban J connectivity index is 2.26. The second kappa shape index (κ2) is 4.04. The fraction of sp³-hybridized carbons (Fsp3) is 0.182. The van der Waals surface area contributed by atoms with Crippen LogP contribution in [0.4, 0.5) is 0 Å². The number of nitro groups is 1. The summed E-state index contributed by atoms with van der Waals surface area (Å²) in [5.41, 5.74) is 1.84. The molecule has 1 aromatic carbocycles. The van der Waals surface area contributed by atoms with E-state index < -0.39 is 0 Å². The van der Waals surface area contributed by atoms with Crippen LogP contribution in [0, 0.1) is 10.1 Å². The molecule has 0 unspecified atom stereocenters. The van der Waals surface area contributed by atoms with Gasteiger partial charge in [0.15, 0.2) is 0 Å². The van der Waals surface area contributed by atoms with Gasteiger partial charge in [0, 0.05) is 22.9 Å². The number of pyridine rings is 1. The van der Waals surface area contributed by atoms with Crippen molar-refractivity contribution in [3.05, 3.63) is 52.2 Å². The molecule has 0 aliphatic rings. The molecule has 1 aromatic heterocycles. The normalized spacial score (nSPS) is 10.4. The minimum atomic E-state index is -0.303. The Hall–Kier alpha value is -1.97. The second-order valence-electron chi connectivity index (χ2n) is 3.34. The van der Waals surface area contributed by atoms with E-state index in [0.717, 1.165) is 16.5 Å². The monoisotopic (exact) mass is 202 g/mol. The quantitative estimate of drug-likeness (QED) is 0.565. The summed E-state index contributed by atoms with van der Waals surface area (Å²) in [7, 11) is 0. The molecule has 0 amide bonds. The molecule has 0 atom stereocenters. The minimum absolute atomic E-state index is 0.0294. The zero-order chi connectivity index (χ0) is 10.7. The van der Waals surface area contributed by atoms with Crippen molar-refractivity contribution in [3.63, 3.8) is 0 Å². The Bertz CT molecular complexity index is 497. The largest absolute Gasteiger partial charge is 0.265 e. The highest BCUT2D eigenvalue weighted by Crippen LogP contribution is 2.13. The van der Waals surface area contributed by atoms with E-state index >= 15 is 0 Å². The Morgan fingerprint density at radius 2 is 2.20 bits per heavy atom. The molecule has 0 saturated carbocycles. The predicted molar refractivity (Wildman–Crippen MR) is 57.3 cm³/mol. The van der Waals surface area contributed by atoms with E-state index in [0.29, 0.717) is 6.42 Å². The topological polar surface area (TPSA) is 56.0 Å². The maximum Gasteiger partial charge on any atom is 0.207 e. The van der Waals surface area contributed by atoms with Gasteiger partial charge in [-0.3, -0.25) is 15.1 Å². The third-order valence-corrected chi connectivity index (χ3v) is 2.25. The summed E-state index contributed by atoms with van der Waals surface area (Å²) in [4.78, 5) is 14.1. The van der Waals surface area contributed by atoms with Crippen molar-refractivity contribution in [3.8, 4) is 0 Å². The van der Waals surface area contributed by atoms with E-state index in [-0.39, 0.29) is 11.5 Å². The third-order valence-electron chi connectivity index (χ3n) is 2.25. The Morgan fingerprint density at radius 1 is 1.33 bits per heavy atom. The van der Waals surface area contributed by atoms with E-state index in [1.807, 2.05) is 30.3 Å². The number of aromatic nitrogens is 1. The summed E-state index contributed by atoms with van der Waals surface area (Å²) in [6, 6.07) is 9.60. The molecule has 76 valence electrons. The fourth-order valence-corrected chi connectivity index (χ4v) is 1.49. The predicted octanol–water partition coefficient (Wildman–Crippen LogP) is 2.05. The van der Waals surface area contributed by atoms with Crippen LogP contribution in [-0.2, 0) is 6.42 Å². The Kier molecular flexibility index (Phi) is 2.58. The summed E-state index contributed by atoms with van der Waals surface area (Å²) in [5, 5.41) is 11.3. The van der Waals surface area contributed by atoms with Crippen molar-refractivity contribution in [1.82, 2.24) is 4.98 Å². The van der Waals surface area contributed by atoms with Crippen LogP contribution in [0.1, 0.15) is 5.56 Å². The van der Waals surface area contributed by atoms with E-state index in [1.54, 1.807) is 6.20 Å². The van der Waals surface area contributed by atoms with Gasteiger partial charge in [-0.15, -0.1) is 0 Å². The third kappa shape index (κ3) is 2.28. The lowest BCUT2D eigenvalue weighted by molar-refractivity contribution is -0.479. The molecule has 0 aliphatic heterocycles. The van der Waals surface area contributed by atoms with Gasteiger partial charge >= 0.3 is 0 Å². The summed E-state index contributed by atoms with van der Waals surface area (Å²) in [5.74, 6) is 0. The average Bonchev–Trinajstić information content (AvgIpc) is 2.26. The lowest BCUT2D eigenvalue weighted by Gasteiger charge is -2.00. The van der Waals surface area contributed by atoms with Crippen LogP contribution in [0.5, 0.6) is 0 Å². The van der Waals surface area contributed by atoms with E-state index in [4.69, 9.17) is 0 Å². The lowest BCUT2D eigenvalue weighted by atomic mass is 10.1. The molecule has 2 rings (SSSR count). The van der Waals surface area contributed by atoms with Crippen LogP contribution in [0.3, 0.4) is 0 Å². The van der Waals surface area contributed by atoms with Crippen LogP contribution < -0.4 is 0 Å². The van der Waals surface area contributed by atoms with Gasteiger partial charge in [0.25, 0.3) is 0 Å².